The van der Waals surface area contributed by atoms with Crippen LogP contribution in [0.3, 0.4) is 0 Å². The van der Waals surface area contributed by atoms with E-state index in [4.69, 9.17) is 16.0 Å². The molecule has 39 heavy (non-hydrogen) atoms. The number of anilines is 2. The van der Waals surface area contributed by atoms with Crippen molar-refractivity contribution in [1.82, 2.24) is 4.90 Å². The highest BCUT2D eigenvalue weighted by Crippen LogP contribution is 2.36. The maximum absolute atomic E-state index is 13.3. The van der Waals surface area contributed by atoms with E-state index >= 15 is 0 Å². The standard InChI is InChI=1S/C29H33ClN4O3SSi/c1-29(2,3)39(4,5)37-16-15-33(19-31)22-11-9-20(10-12-22)17-34-18-21-7-6-8-23(26(21)28(34)36)32-27(35)24-13-14-25(30)38-24/h6-14H,15-18H2,1-5H3,(H,32,35). The van der Waals surface area contributed by atoms with E-state index in [0.717, 1.165) is 16.8 Å². The number of carbonyl (C=O) groups excluding carboxylic acids is 2. The van der Waals surface area contributed by atoms with E-state index < -0.39 is 8.32 Å². The molecular formula is C29H33ClN4O3SSi. The molecular weight excluding hydrogens is 548 g/mol. The summed E-state index contributed by atoms with van der Waals surface area (Å²) in [4.78, 5) is 29.9. The van der Waals surface area contributed by atoms with Gasteiger partial charge in [-0.25, -0.2) is 0 Å². The van der Waals surface area contributed by atoms with Crippen LogP contribution in [0.1, 0.15) is 51.9 Å². The van der Waals surface area contributed by atoms with Crippen LogP contribution in [-0.2, 0) is 17.5 Å². The zero-order chi connectivity index (χ0) is 28.4. The van der Waals surface area contributed by atoms with E-state index in [2.05, 4.69) is 45.4 Å². The van der Waals surface area contributed by atoms with Crippen LogP contribution >= 0.6 is 22.9 Å². The average Bonchev–Trinajstić information content (AvgIpc) is 3.45. The molecule has 3 aromatic rings. The molecule has 0 unspecified atom stereocenters. The van der Waals surface area contributed by atoms with Crippen molar-refractivity contribution in [2.24, 2.45) is 0 Å². The van der Waals surface area contributed by atoms with Crippen molar-refractivity contribution in [3.8, 4) is 6.19 Å². The van der Waals surface area contributed by atoms with Crippen LogP contribution in [0.25, 0.3) is 0 Å². The van der Waals surface area contributed by atoms with Gasteiger partial charge in [-0.15, -0.1) is 11.3 Å². The molecule has 0 spiro atoms. The van der Waals surface area contributed by atoms with Gasteiger partial charge in [0.2, 0.25) is 0 Å². The molecule has 0 atom stereocenters. The summed E-state index contributed by atoms with van der Waals surface area (Å²) in [5.41, 5.74) is 3.62. The van der Waals surface area contributed by atoms with Crippen molar-refractivity contribution in [3.05, 3.63) is 80.5 Å². The second-order valence-corrected chi connectivity index (χ2v) is 17.6. The van der Waals surface area contributed by atoms with Crippen LogP contribution in [-0.4, -0.2) is 38.2 Å². The van der Waals surface area contributed by atoms with Gasteiger partial charge in [0, 0.05) is 13.1 Å². The maximum Gasteiger partial charge on any atom is 0.265 e. The third-order valence-electron chi connectivity index (χ3n) is 7.38. The van der Waals surface area contributed by atoms with E-state index in [1.807, 2.05) is 36.4 Å². The molecule has 1 aliphatic heterocycles. The molecule has 2 amide bonds. The zero-order valence-corrected chi connectivity index (χ0v) is 25.4. The van der Waals surface area contributed by atoms with Crippen molar-refractivity contribution < 1.29 is 14.0 Å². The monoisotopic (exact) mass is 580 g/mol. The van der Waals surface area contributed by atoms with Crippen LogP contribution in [0.5, 0.6) is 0 Å². The third-order valence-corrected chi connectivity index (χ3v) is 13.2. The number of hydrogen-bond donors (Lipinski definition) is 1. The topological polar surface area (TPSA) is 85.7 Å². The Morgan fingerprint density at radius 3 is 2.51 bits per heavy atom. The lowest BCUT2D eigenvalue weighted by Crippen LogP contribution is -2.42. The molecule has 0 fully saturated rings. The normalized spacial score (nSPS) is 13.3. The summed E-state index contributed by atoms with van der Waals surface area (Å²) in [5, 5.41) is 12.7. The third kappa shape index (κ3) is 6.53. The molecule has 2 aromatic carbocycles. The van der Waals surface area contributed by atoms with Gasteiger partial charge in [-0.05, 0) is 59.6 Å². The molecule has 0 bridgehead atoms. The van der Waals surface area contributed by atoms with Crippen molar-refractivity contribution in [2.45, 2.75) is 52.0 Å². The fourth-order valence-corrected chi connectivity index (χ4v) is 6.09. The Hall–Kier alpha value is -3.16. The van der Waals surface area contributed by atoms with Crippen LogP contribution in [0.4, 0.5) is 11.4 Å². The van der Waals surface area contributed by atoms with Crippen LogP contribution < -0.4 is 10.2 Å². The number of thiophene rings is 1. The van der Waals surface area contributed by atoms with E-state index in [1.165, 1.54) is 11.3 Å². The summed E-state index contributed by atoms with van der Waals surface area (Å²) in [6.07, 6.45) is 2.25. The van der Waals surface area contributed by atoms with Gasteiger partial charge in [-0.3, -0.25) is 14.5 Å². The highest BCUT2D eigenvalue weighted by atomic mass is 35.5. The van der Waals surface area contributed by atoms with E-state index in [9.17, 15) is 14.9 Å². The Bertz CT molecular complexity index is 1410. The number of benzene rings is 2. The molecule has 7 nitrogen and oxygen atoms in total. The lowest BCUT2D eigenvalue weighted by atomic mass is 10.1. The first-order valence-electron chi connectivity index (χ1n) is 12.8. The molecule has 204 valence electrons. The van der Waals surface area contributed by atoms with E-state index in [1.54, 1.807) is 28.0 Å². The van der Waals surface area contributed by atoms with Crippen LogP contribution in [0, 0.1) is 11.5 Å². The quantitative estimate of drug-likeness (QED) is 0.165. The molecule has 10 heteroatoms. The minimum absolute atomic E-state index is 0.115. The Balaban J connectivity index is 1.39. The van der Waals surface area contributed by atoms with Gasteiger partial charge < -0.3 is 14.6 Å². The molecule has 1 N–H and O–H groups in total. The summed E-state index contributed by atoms with van der Waals surface area (Å²) >= 11 is 7.16. The van der Waals surface area contributed by atoms with Gasteiger partial charge in [0.1, 0.15) is 0 Å². The fourth-order valence-electron chi connectivity index (χ4n) is 4.12. The Kier molecular flexibility index (Phi) is 8.52. The van der Waals surface area contributed by atoms with Crippen molar-refractivity contribution in [3.63, 3.8) is 0 Å². The van der Waals surface area contributed by atoms with Gasteiger partial charge in [-0.2, -0.15) is 5.26 Å². The smallest absolute Gasteiger partial charge is 0.265 e. The Morgan fingerprint density at radius 2 is 1.90 bits per heavy atom. The first kappa shape index (κ1) is 28.8. The number of nitrogens with one attached hydrogen (secondary N) is 1. The van der Waals surface area contributed by atoms with Gasteiger partial charge in [-0.1, -0.05) is 56.6 Å². The average molecular weight is 581 g/mol. The molecule has 0 aliphatic carbocycles. The predicted octanol–water partition coefficient (Wildman–Crippen LogP) is 7.12. The number of hydrogen-bond acceptors (Lipinski definition) is 6. The second-order valence-electron chi connectivity index (χ2n) is 11.1. The minimum atomic E-state index is -1.88. The van der Waals surface area contributed by atoms with Crippen molar-refractivity contribution in [1.29, 1.82) is 5.26 Å². The lowest BCUT2D eigenvalue weighted by molar-refractivity contribution is 0.0767. The first-order valence-corrected chi connectivity index (χ1v) is 16.9. The largest absolute Gasteiger partial charge is 0.415 e. The summed E-state index contributed by atoms with van der Waals surface area (Å²) < 4.78 is 6.76. The number of halogens is 1. The summed E-state index contributed by atoms with van der Waals surface area (Å²) in [6.45, 7) is 12.8. The predicted molar refractivity (Wildman–Crippen MR) is 160 cm³/mol. The summed E-state index contributed by atoms with van der Waals surface area (Å²) in [6, 6.07) is 16.5. The van der Waals surface area contributed by atoms with Gasteiger partial charge >= 0.3 is 0 Å². The van der Waals surface area contributed by atoms with Crippen molar-refractivity contribution >= 4 is 54.4 Å². The number of rotatable bonds is 9. The second kappa shape index (κ2) is 11.5. The van der Waals surface area contributed by atoms with E-state index in [0.29, 0.717) is 46.7 Å². The maximum atomic E-state index is 13.3. The number of fused-ring (bicyclic) bond motifs is 1. The summed E-state index contributed by atoms with van der Waals surface area (Å²) in [7, 11) is -1.88. The van der Waals surface area contributed by atoms with Crippen molar-refractivity contribution in [2.75, 3.05) is 23.4 Å². The molecule has 0 radical (unpaired) electrons. The van der Waals surface area contributed by atoms with Gasteiger partial charge in [0.05, 0.1) is 39.3 Å². The fraction of sp³-hybridized carbons (Fsp3) is 0.345. The Morgan fingerprint density at radius 1 is 1.18 bits per heavy atom. The van der Waals surface area contributed by atoms with E-state index in [-0.39, 0.29) is 16.9 Å². The molecule has 4 rings (SSSR count). The number of nitriles is 1. The molecule has 0 saturated heterocycles. The number of amides is 2. The lowest BCUT2D eigenvalue weighted by Gasteiger charge is -2.36. The first-order chi connectivity index (χ1) is 18.4. The molecule has 1 aromatic heterocycles. The highest BCUT2D eigenvalue weighted by Gasteiger charge is 2.37. The van der Waals surface area contributed by atoms with Crippen LogP contribution in [0.15, 0.2) is 54.6 Å². The van der Waals surface area contributed by atoms with Gasteiger partial charge in [0.15, 0.2) is 14.5 Å². The zero-order valence-electron chi connectivity index (χ0n) is 22.9. The SMILES string of the molecule is CC(C)(C)[Si](C)(C)OCCN(C#N)c1ccc(CN2Cc3cccc(NC(=O)c4ccc(Cl)s4)c3C2=O)cc1. The van der Waals surface area contributed by atoms with Gasteiger partial charge in [0.25, 0.3) is 11.8 Å². The Labute approximate surface area is 240 Å². The minimum Gasteiger partial charge on any atom is -0.415 e. The number of carbonyl (C=O) groups is 2. The molecule has 0 saturated carbocycles. The van der Waals surface area contributed by atoms with Crippen LogP contribution in [0.2, 0.25) is 22.5 Å². The molecule has 1 aliphatic rings. The number of nitrogens with zero attached hydrogens (tertiary/aromatic N) is 3. The highest BCUT2D eigenvalue weighted by molar-refractivity contribution is 7.18. The molecule has 2 heterocycles. The summed E-state index contributed by atoms with van der Waals surface area (Å²) in [5.74, 6) is -0.422.